The molecule has 25 heavy (non-hydrogen) atoms. The summed E-state index contributed by atoms with van der Waals surface area (Å²) in [5, 5.41) is 10.1. The molecule has 0 aromatic heterocycles. The number of rotatable bonds is 4. The Morgan fingerprint density at radius 1 is 1.32 bits per heavy atom. The van der Waals surface area contributed by atoms with Crippen LogP contribution in [-0.2, 0) is 16.0 Å². The summed E-state index contributed by atoms with van der Waals surface area (Å²) >= 11 is 0. The Labute approximate surface area is 150 Å². The van der Waals surface area contributed by atoms with E-state index in [4.69, 9.17) is 4.74 Å². The summed E-state index contributed by atoms with van der Waals surface area (Å²) in [6.45, 7) is 7.74. The first kappa shape index (κ1) is 18.4. The molecule has 0 radical (unpaired) electrons. The summed E-state index contributed by atoms with van der Waals surface area (Å²) < 4.78 is 6.08. The Morgan fingerprint density at radius 2 is 2.08 bits per heavy atom. The molecule has 2 aliphatic rings. The number of piperidine rings is 1. The molecule has 1 aromatic carbocycles. The minimum Gasteiger partial charge on any atom is -0.393 e. The predicted octanol–water partition coefficient (Wildman–Crippen LogP) is 1.61. The van der Waals surface area contributed by atoms with E-state index < -0.39 is 5.60 Å². The first-order chi connectivity index (χ1) is 12.0. The number of aliphatic hydroxyl groups is 1. The number of nitrogens with zero attached hydrogens (tertiary/aromatic N) is 2. The number of amides is 1. The van der Waals surface area contributed by atoms with Crippen LogP contribution >= 0.6 is 0 Å². The molecule has 1 amide bonds. The van der Waals surface area contributed by atoms with Crippen molar-refractivity contribution in [3.63, 3.8) is 0 Å². The highest BCUT2D eigenvalue weighted by atomic mass is 16.5. The first-order valence-electron chi connectivity index (χ1n) is 9.31. The normalized spacial score (nSPS) is 26.0. The van der Waals surface area contributed by atoms with Crippen LogP contribution < -0.4 is 0 Å². The minimum absolute atomic E-state index is 0.0315. The second-order valence-electron chi connectivity index (χ2n) is 7.56. The Balaban J connectivity index is 1.65. The van der Waals surface area contributed by atoms with Crippen LogP contribution in [0.4, 0.5) is 0 Å². The van der Waals surface area contributed by atoms with Crippen molar-refractivity contribution in [3.8, 4) is 0 Å². The highest BCUT2D eigenvalue weighted by Gasteiger charge is 2.39. The zero-order chi connectivity index (χ0) is 17.9. The van der Waals surface area contributed by atoms with E-state index in [9.17, 15) is 9.90 Å². The molecule has 1 aromatic rings. The van der Waals surface area contributed by atoms with Gasteiger partial charge in [0.25, 0.3) is 0 Å². The molecular weight excluding hydrogens is 316 g/mol. The molecule has 0 aliphatic carbocycles. The van der Waals surface area contributed by atoms with Gasteiger partial charge in [-0.1, -0.05) is 29.8 Å². The summed E-state index contributed by atoms with van der Waals surface area (Å²) in [4.78, 5) is 15.9. The number of benzene rings is 1. The highest BCUT2D eigenvalue weighted by molar-refractivity contribution is 5.73. The predicted molar refractivity (Wildman–Crippen MR) is 97.5 cm³/mol. The van der Waals surface area contributed by atoms with Crippen molar-refractivity contribution in [2.24, 2.45) is 0 Å². The topological polar surface area (TPSA) is 53.0 Å². The number of morpholine rings is 1. The van der Waals surface area contributed by atoms with Gasteiger partial charge in [0, 0.05) is 45.6 Å². The third-order valence-corrected chi connectivity index (χ3v) is 5.60. The smallest absolute Gasteiger partial charge is 0.219 e. The fourth-order valence-corrected chi connectivity index (χ4v) is 4.18. The summed E-state index contributed by atoms with van der Waals surface area (Å²) in [5.74, 6) is 0.171. The van der Waals surface area contributed by atoms with E-state index in [1.54, 1.807) is 6.92 Å². The fraction of sp³-hybridized carbons (Fsp3) is 0.650. The lowest BCUT2D eigenvalue weighted by Crippen LogP contribution is -2.59. The Bertz CT molecular complexity index is 598. The molecule has 2 fully saturated rings. The molecule has 138 valence electrons. The lowest BCUT2D eigenvalue weighted by atomic mass is 9.91. The van der Waals surface area contributed by atoms with Crippen molar-refractivity contribution in [3.05, 3.63) is 35.4 Å². The van der Waals surface area contributed by atoms with Crippen molar-refractivity contribution in [1.29, 1.82) is 0 Å². The molecule has 0 spiro atoms. The summed E-state index contributed by atoms with van der Waals surface area (Å²) in [6, 6.07) is 8.91. The van der Waals surface area contributed by atoms with Gasteiger partial charge in [0.1, 0.15) is 5.60 Å². The van der Waals surface area contributed by atoms with E-state index in [1.165, 1.54) is 11.1 Å². The Kier molecular flexibility index (Phi) is 5.77. The Morgan fingerprint density at radius 3 is 2.72 bits per heavy atom. The Hall–Kier alpha value is -1.43. The highest BCUT2D eigenvalue weighted by Crippen LogP contribution is 2.27. The molecule has 5 heteroatoms. The van der Waals surface area contributed by atoms with Crippen LogP contribution in [0.3, 0.4) is 0 Å². The van der Waals surface area contributed by atoms with Crippen molar-refractivity contribution in [2.45, 2.75) is 44.8 Å². The van der Waals surface area contributed by atoms with Crippen molar-refractivity contribution < 1.29 is 14.6 Å². The average Bonchev–Trinajstić information content (AvgIpc) is 2.62. The number of carbonyl (C=O) groups is 1. The second-order valence-corrected chi connectivity index (χ2v) is 7.56. The number of carbonyl (C=O) groups excluding carboxylic acids is 1. The SMILES string of the molecule is CC(=O)N1CCC(N2CCO[C@](CO)(Cc3cccc(C)c3)C2)CC1. The number of hydrogen-bond donors (Lipinski definition) is 1. The zero-order valence-electron chi connectivity index (χ0n) is 15.4. The van der Waals surface area contributed by atoms with Crippen molar-refractivity contribution in [2.75, 3.05) is 39.4 Å². The molecule has 1 N–H and O–H groups in total. The largest absolute Gasteiger partial charge is 0.393 e. The van der Waals surface area contributed by atoms with E-state index in [-0.39, 0.29) is 12.5 Å². The number of likely N-dealkylation sites (tertiary alicyclic amines) is 1. The molecule has 3 rings (SSSR count). The quantitative estimate of drug-likeness (QED) is 0.900. The second kappa shape index (κ2) is 7.85. The lowest BCUT2D eigenvalue weighted by Gasteiger charge is -2.47. The van der Waals surface area contributed by atoms with E-state index >= 15 is 0 Å². The molecule has 2 heterocycles. The first-order valence-corrected chi connectivity index (χ1v) is 9.31. The van der Waals surface area contributed by atoms with Crippen LogP contribution in [0.25, 0.3) is 0 Å². The van der Waals surface area contributed by atoms with E-state index in [0.717, 1.165) is 45.4 Å². The average molecular weight is 346 g/mol. The number of ether oxygens (including phenoxy) is 1. The van der Waals surface area contributed by atoms with Gasteiger partial charge in [-0.2, -0.15) is 0 Å². The number of hydrogen-bond acceptors (Lipinski definition) is 4. The van der Waals surface area contributed by atoms with E-state index in [1.807, 2.05) is 4.90 Å². The summed E-state index contributed by atoms with van der Waals surface area (Å²) in [5.41, 5.74) is 1.92. The zero-order valence-corrected chi connectivity index (χ0v) is 15.4. The van der Waals surface area contributed by atoms with E-state index in [0.29, 0.717) is 12.6 Å². The third-order valence-electron chi connectivity index (χ3n) is 5.60. The van der Waals surface area contributed by atoms with E-state index in [2.05, 4.69) is 36.1 Å². The van der Waals surface area contributed by atoms with Crippen LogP contribution in [0.2, 0.25) is 0 Å². The molecule has 0 saturated carbocycles. The molecule has 2 aliphatic heterocycles. The van der Waals surface area contributed by atoms with Crippen LogP contribution in [0.5, 0.6) is 0 Å². The molecule has 0 unspecified atom stereocenters. The maximum atomic E-state index is 11.5. The summed E-state index contributed by atoms with van der Waals surface area (Å²) in [7, 11) is 0. The van der Waals surface area contributed by atoms with Crippen molar-refractivity contribution in [1.82, 2.24) is 9.80 Å². The van der Waals surface area contributed by atoms with Gasteiger partial charge in [-0.15, -0.1) is 0 Å². The molecular formula is C20H30N2O3. The standard InChI is InChI=1S/C20H30N2O3/c1-16-4-3-5-18(12-16)13-20(15-23)14-22(10-11-25-20)19-6-8-21(9-7-19)17(2)24/h3-5,12,19,23H,6-11,13-15H2,1-2H3/t20-/m1/s1. The van der Waals surface area contributed by atoms with Crippen LogP contribution in [-0.4, -0.2) is 71.8 Å². The van der Waals surface area contributed by atoms with Crippen LogP contribution in [0, 0.1) is 6.92 Å². The molecule has 0 bridgehead atoms. The van der Waals surface area contributed by atoms with Gasteiger partial charge in [0.2, 0.25) is 5.91 Å². The summed E-state index contributed by atoms with van der Waals surface area (Å²) in [6.07, 6.45) is 2.74. The minimum atomic E-state index is -0.524. The van der Waals surface area contributed by atoms with Crippen LogP contribution in [0.1, 0.15) is 30.9 Å². The number of aryl methyl sites for hydroxylation is 1. The maximum absolute atomic E-state index is 11.5. The molecule has 2 saturated heterocycles. The van der Waals surface area contributed by atoms with Gasteiger partial charge < -0.3 is 14.7 Å². The van der Waals surface area contributed by atoms with Crippen LogP contribution in [0.15, 0.2) is 24.3 Å². The van der Waals surface area contributed by atoms with Gasteiger partial charge in [-0.25, -0.2) is 0 Å². The number of aliphatic hydroxyl groups excluding tert-OH is 1. The maximum Gasteiger partial charge on any atom is 0.219 e. The van der Waals surface area contributed by atoms with Gasteiger partial charge in [0.15, 0.2) is 0 Å². The molecule has 5 nitrogen and oxygen atoms in total. The fourth-order valence-electron chi connectivity index (χ4n) is 4.18. The third kappa shape index (κ3) is 4.40. The lowest BCUT2D eigenvalue weighted by molar-refractivity contribution is -0.146. The van der Waals surface area contributed by atoms with Gasteiger partial charge in [-0.3, -0.25) is 9.69 Å². The van der Waals surface area contributed by atoms with Crippen molar-refractivity contribution >= 4 is 5.91 Å². The van der Waals surface area contributed by atoms with Gasteiger partial charge in [-0.05, 0) is 25.3 Å². The van der Waals surface area contributed by atoms with Gasteiger partial charge >= 0.3 is 0 Å². The molecule has 1 atom stereocenters. The monoisotopic (exact) mass is 346 g/mol. The van der Waals surface area contributed by atoms with Gasteiger partial charge in [0.05, 0.1) is 13.2 Å².